The van der Waals surface area contributed by atoms with Crippen molar-refractivity contribution in [2.24, 2.45) is 0 Å². The maximum absolute atomic E-state index is 12.0. The number of nitrogens with one attached hydrogen (secondary N) is 1. The van der Waals surface area contributed by atoms with Crippen LogP contribution in [-0.4, -0.2) is 18.2 Å². The minimum atomic E-state index is -0.161. The third-order valence-corrected chi connectivity index (χ3v) is 4.48. The maximum Gasteiger partial charge on any atom is 0.244 e. The van der Waals surface area contributed by atoms with Gasteiger partial charge in [0.2, 0.25) is 5.91 Å². The lowest BCUT2D eigenvalue weighted by atomic mass is 10.1. The van der Waals surface area contributed by atoms with Crippen molar-refractivity contribution in [3.05, 3.63) is 82.8 Å². The Labute approximate surface area is 170 Å². The highest BCUT2D eigenvalue weighted by molar-refractivity contribution is 5.91. The van der Waals surface area contributed by atoms with Crippen molar-refractivity contribution in [1.82, 2.24) is 10.5 Å². The summed E-state index contributed by atoms with van der Waals surface area (Å²) in [5.74, 6) is 1.77. The zero-order chi connectivity index (χ0) is 20.6. The number of ether oxygens (including phenoxy) is 2. The number of hydrogen-bond donors (Lipinski definition) is 1. The van der Waals surface area contributed by atoms with Crippen molar-refractivity contribution >= 4 is 12.0 Å². The number of amides is 1. The number of aryl methyl sites for hydroxylation is 2. The smallest absolute Gasteiger partial charge is 0.244 e. The molecular weight excluding hydrogens is 368 g/mol. The van der Waals surface area contributed by atoms with Crippen molar-refractivity contribution in [2.45, 2.75) is 27.0 Å². The number of methoxy groups -OCH3 is 1. The second-order valence-corrected chi connectivity index (χ2v) is 6.54. The second kappa shape index (κ2) is 9.59. The van der Waals surface area contributed by atoms with E-state index in [0.717, 1.165) is 28.1 Å². The zero-order valence-electron chi connectivity index (χ0n) is 16.8. The summed E-state index contributed by atoms with van der Waals surface area (Å²) >= 11 is 0. The molecule has 1 N–H and O–H groups in total. The Hall–Kier alpha value is -3.54. The fraction of sp³-hybridized carbons (Fsp3) is 0.217. The average Bonchev–Trinajstić information content (AvgIpc) is 3.07. The Morgan fingerprint density at radius 2 is 1.93 bits per heavy atom. The monoisotopic (exact) mass is 392 g/mol. The van der Waals surface area contributed by atoms with Crippen LogP contribution in [0, 0.1) is 13.8 Å². The summed E-state index contributed by atoms with van der Waals surface area (Å²) in [6.07, 6.45) is 3.24. The number of nitrogens with zero attached hydrogens (tertiary/aromatic N) is 1. The van der Waals surface area contributed by atoms with Crippen LogP contribution < -0.4 is 14.8 Å². The summed E-state index contributed by atoms with van der Waals surface area (Å²) < 4.78 is 16.5. The predicted octanol–water partition coefficient (Wildman–Crippen LogP) is 4.21. The summed E-state index contributed by atoms with van der Waals surface area (Å²) in [5, 5.41) is 6.79. The molecule has 150 valence electrons. The first kappa shape index (κ1) is 20.2. The predicted molar refractivity (Wildman–Crippen MR) is 111 cm³/mol. The van der Waals surface area contributed by atoms with Crippen LogP contribution in [0.1, 0.15) is 28.1 Å². The summed E-state index contributed by atoms with van der Waals surface area (Å²) in [6, 6.07) is 15.3. The first-order valence-electron chi connectivity index (χ1n) is 9.29. The SMILES string of the molecule is COc1cc(/C=C/C(=O)NCc2ccccc2)ccc1OCc1c(C)noc1C. The van der Waals surface area contributed by atoms with Crippen LogP contribution in [0.3, 0.4) is 0 Å². The summed E-state index contributed by atoms with van der Waals surface area (Å²) in [7, 11) is 1.58. The van der Waals surface area contributed by atoms with E-state index in [2.05, 4.69) is 10.5 Å². The van der Waals surface area contributed by atoms with Gasteiger partial charge in [-0.05, 0) is 43.2 Å². The number of carbonyl (C=O) groups is 1. The van der Waals surface area contributed by atoms with Gasteiger partial charge in [-0.1, -0.05) is 41.6 Å². The van der Waals surface area contributed by atoms with Crippen molar-refractivity contribution in [3.63, 3.8) is 0 Å². The van der Waals surface area contributed by atoms with E-state index in [9.17, 15) is 4.79 Å². The maximum atomic E-state index is 12.0. The number of hydrogen-bond acceptors (Lipinski definition) is 5. The molecule has 3 rings (SSSR count). The Morgan fingerprint density at radius 3 is 2.62 bits per heavy atom. The van der Waals surface area contributed by atoms with E-state index in [-0.39, 0.29) is 5.91 Å². The van der Waals surface area contributed by atoms with Gasteiger partial charge in [-0.25, -0.2) is 0 Å². The van der Waals surface area contributed by atoms with E-state index in [0.29, 0.717) is 24.7 Å². The molecule has 0 spiro atoms. The van der Waals surface area contributed by atoms with Crippen molar-refractivity contribution in [1.29, 1.82) is 0 Å². The zero-order valence-corrected chi connectivity index (χ0v) is 16.8. The summed E-state index contributed by atoms with van der Waals surface area (Å²) in [6.45, 7) is 4.56. The summed E-state index contributed by atoms with van der Waals surface area (Å²) in [4.78, 5) is 12.0. The van der Waals surface area contributed by atoms with E-state index in [1.807, 2.05) is 62.4 Å². The molecule has 0 saturated heterocycles. The van der Waals surface area contributed by atoms with E-state index >= 15 is 0 Å². The molecule has 3 aromatic rings. The number of aromatic nitrogens is 1. The molecule has 0 aliphatic rings. The highest BCUT2D eigenvalue weighted by Crippen LogP contribution is 2.30. The molecule has 0 radical (unpaired) electrons. The number of benzene rings is 2. The van der Waals surface area contributed by atoms with Crippen molar-refractivity contribution in [2.75, 3.05) is 7.11 Å². The molecule has 0 atom stereocenters. The van der Waals surface area contributed by atoms with Crippen LogP contribution in [0.25, 0.3) is 6.08 Å². The van der Waals surface area contributed by atoms with Crippen molar-refractivity contribution in [3.8, 4) is 11.5 Å². The lowest BCUT2D eigenvalue weighted by molar-refractivity contribution is -0.116. The standard InChI is InChI=1S/C23H24N2O4/c1-16-20(17(2)29-25-16)15-28-21-11-9-18(13-22(21)27-3)10-12-23(26)24-14-19-7-5-4-6-8-19/h4-13H,14-15H2,1-3H3,(H,24,26)/b12-10+. The molecule has 1 amide bonds. The molecule has 0 fully saturated rings. The van der Waals surface area contributed by atoms with Gasteiger partial charge >= 0.3 is 0 Å². The Morgan fingerprint density at radius 1 is 1.14 bits per heavy atom. The van der Waals surface area contributed by atoms with Gasteiger partial charge in [-0.15, -0.1) is 0 Å². The second-order valence-electron chi connectivity index (χ2n) is 6.54. The molecule has 1 aromatic heterocycles. The summed E-state index contributed by atoms with van der Waals surface area (Å²) in [5.41, 5.74) is 3.62. The Balaban J connectivity index is 1.60. The fourth-order valence-corrected chi connectivity index (χ4v) is 2.78. The van der Waals surface area contributed by atoms with Crippen LogP contribution in [0.4, 0.5) is 0 Å². The molecule has 6 nitrogen and oxygen atoms in total. The lowest BCUT2D eigenvalue weighted by Crippen LogP contribution is -2.20. The highest BCUT2D eigenvalue weighted by Gasteiger charge is 2.12. The van der Waals surface area contributed by atoms with Crippen molar-refractivity contribution < 1.29 is 18.8 Å². The molecule has 0 saturated carbocycles. The van der Waals surface area contributed by atoms with Gasteiger partial charge in [0.15, 0.2) is 11.5 Å². The van der Waals surface area contributed by atoms with Gasteiger partial charge < -0.3 is 19.3 Å². The number of carbonyl (C=O) groups excluding carboxylic acids is 1. The minimum Gasteiger partial charge on any atom is -0.493 e. The molecule has 0 aliphatic heterocycles. The van der Waals surface area contributed by atoms with Crippen LogP contribution in [-0.2, 0) is 17.9 Å². The highest BCUT2D eigenvalue weighted by atomic mass is 16.5. The topological polar surface area (TPSA) is 73.6 Å². The average molecular weight is 392 g/mol. The first-order chi connectivity index (χ1) is 14.1. The number of rotatable bonds is 8. The molecule has 6 heteroatoms. The van der Waals surface area contributed by atoms with Crippen LogP contribution in [0.5, 0.6) is 11.5 Å². The van der Waals surface area contributed by atoms with Crippen LogP contribution in [0.15, 0.2) is 59.1 Å². The third-order valence-electron chi connectivity index (χ3n) is 4.48. The van der Waals surface area contributed by atoms with Gasteiger partial charge in [0.25, 0.3) is 0 Å². The molecule has 1 heterocycles. The molecule has 0 aliphatic carbocycles. The van der Waals surface area contributed by atoms with Gasteiger partial charge in [0, 0.05) is 12.6 Å². The van der Waals surface area contributed by atoms with E-state index in [4.69, 9.17) is 14.0 Å². The van der Waals surface area contributed by atoms with E-state index < -0.39 is 0 Å². The molecular formula is C23H24N2O4. The first-order valence-corrected chi connectivity index (χ1v) is 9.29. The molecule has 0 unspecified atom stereocenters. The van der Waals surface area contributed by atoms with Gasteiger partial charge in [-0.3, -0.25) is 4.79 Å². The van der Waals surface area contributed by atoms with Gasteiger partial charge in [0.05, 0.1) is 18.4 Å². The fourth-order valence-electron chi connectivity index (χ4n) is 2.78. The Bertz CT molecular complexity index is 974. The minimum absolute atomic E-state index is 0.161. The van der Waals surface area contributed by atoms with E-state index in [1.54, 1.807) is 13.2 Å². The molecule has 0 bridgehead atoms. The quantitative estimate of drug-likeness (QED) is 0.582. The third kappa shape index (κ3) is 5.48. The molecule has 2 aromatic carbocycles. The van der Waals surface area contributed by atoms with Gasteiger partial charge in [-0.2, -0.15) is 0 Å². The van der Waals surface area contributed by atoms with E-state index in [1.165, 1.54) is 6.08 Å². The normalized spacial score (nSPS) is 10.9. The Kier molecular flexibility index (Phi) is 6.68. The largest absolute Gasteiger partial charge is 0.493 e. The van der Waals surface area contributed by atoms with Gasteiger partial charge in [0.1, 0.15) is 12.4 Å². The van der Waals surface area contributed by atoms with Crippen LogP contribution >= 0.6 is 0 Å². The molecule has 29 heavy (non-hydrogen) atoms. The lowest BCUT2D eigenvalue weighted by Gasteiger charge is -2.11. The van der Waals surface area contributed by atoms with Crippen LogP contribution in [0.2, 0.25) is 0 Å².